The number of aliphatic hydroxyl groups is 1. The minimum atomic E-state index is -4.94. The lowest BCUT2D eigenvalue weighted by Gasteiger charge is -2.39. The van der Waals surface area contributed by atoms with E-state index in [4.69, 9.17) is 4.74 Å². The maximum Gasteiger partial charge on any atom is 0.418 e. The summed E-state index contributed by atoms with van der Waals surface area (Å²) >= 11 is 0. The molecule has 8 heteroatoms. The van der Waals surface area contributed by atoms with Crippen LogP contribution in [-0.4, -0.2) is 34.3 Å². The Morgan fingerprint density at radius 3 is 2.50 bits per heavy atom. The van der Waals surface area contributed by atoms with E-state index in [1.807, 2.05) is 0 Å². The molecule has 0 aliphatic heterocycles. The molecule has 0 radical (unpaired) electrons. The van der Waals surface area contributed by atoms with Crippen LogP contribution in [0.4, 0.5) is 17.6 Å². The number of carbonyl (C=O) groups excluding carboxylic acids is 1. The third-order valence-corrected chi connectivity index (χ3v) is 5.78. The molecular weight excluding hydrogens is 402 g/mol. The number of aromatic nitrogens is 1. The number of fused-ring (bicyclic) bond motifs is 1. The first kappa shape index (κ1) is 22.3. The minimum absolute atomic E-state index is 0.102. The van der Waals surface area contributed by atoms with E-state index in [2.05, 4.69) is 0 Å². The molecule has 1 aliphatic carbocycles. The highest BCUT2D eigenvalue weighted by Gasteiger charge is 2.56. The molecule has 1 atom stereocenters. The van der Waals surface area contributed by atoms with Gasteiger partial charge < -0.3 is 14.4 Å². The van der Waals surface area contributed by atoms with Gasteiger partial charge in [0.1, 0.15) is 11.6 Å². The fourth-order valence-electron chi connectivity index (χ4n) is 4.30. The normalized spacial score (nSPS) is 16.9. The zero-order chi connectivity index (χ0) is 22.3. The lowest BCUT2D eigenvalue weighted by Crippen LogP contribution is -2.52. The van der Waals surface area contributed by atoms with Crippen LogP contribution in [0.3, 0.4) is 0 Å². The van der Waals surface area contributed by atoms with Gasteiger partial charge in [-0.2, -0.15) is 13.2 Å². The smallest absolute Gasteiger partial charge is 0.418 e. The van der Waals surface area contributed by atoms with Crippen LogP contribution in [0.25, 0.3) is 0 Å². The summed E-state index contributed by atoms with van der Waals surface area (Å²) in [7, 11) is 1.35. The third kappa shape index (κ3) is 4.10. The summed E-state index contributed by atoms with van der Waals surface area (Å²) in [4.78, 5) is 12.0. The topological polar surface area (TPSA) is 51.5 Å². The van der Waals surface area contributed by atoms with Crippen molar-refractivity contribution in [2.24, 2.45) is 0 Å². The Balaban J connectivity index is 1.99. The van der Waals surface area contributed by atoms with Crippen molar-refractivity contribution < 1.29 is 32.2 Å². The minimum Gasteiger partial charge on any atom is -0.496 e. The van der Waals surface area contributed by atoms with Crippen molar-refractivity contribution in [1.29, 1.82) is 0 Å². The first-order valence-electron chi connectivity index (χ1n) is 9.72. The number of methoxy groups -OCH3 is 1. The van der Waals surface area contributed by atoms with Gasteiger partial charge in [-0.05, 0) is 48.9 Å². The fourth-order valence-corrected chi connectivity index (χ4v) is 4.30. The van der Waals surface area contributed by atoms with Crippen LogP contribution in [0.15, 0.2) is 30.5 Å². The number of halogens is 4. The molecule has 0 bridgehead atoms. The van der Waals surface area contributed by atoms with E-state index in [0.717, 1.165) is 12.1 Å². The van der Waals surface area contributed by atoms with Gasteiger partial charge in [-0.15, -0.1) is 0 Å². The van der Waals surface area contributed by atoms with Crippen molar-refractivity contribution in [2.45, 2.75) is 63.3 Å². The molecule has 3 rings (SSSR count). The molecule has 0 saturated heterocycles. The summed E-state index contributed by atoms with van der Waals surface area (Å²) in [6.45, 7) is 2.27. The monoisotopic (exact) mass is 427 g/mol. The van der Waals surface area contributed by atoms with Crippen LogP contribution in [-0.2, 0) is 18.4 Å². The maximum atomic E-state index is 14.1. The molecule has 1 heterocycles. The number of hydrogen-bond acceptors (Lipinski definition) is 3. The lowest BCUT2D eigenvalue weighted by molar-refractivity contribution is -0.271. The molecule has 4 nitrogen and oxygen atoms in total. The molecular formula is C22H25F4NO3. The molecule has 1 aromatic carbocycles. The summed E-state index contributed by atoms with van der Waals surface area (Å²) in [6.07, 6.45) is -2.84. The Bertz CT molecular complexity index is 948. The van der Waals surface area contributed by atoms with E-state index in [1.54, 1.807) is 0 Å². The first-order chi connectivity index (χ1) is 13.9. The molecule has 1 aromatic heterocycles. The molecule has 2 aromatic rings. The van der Waals surface area contributed by atoms with Crippen LogP contribution in [0.5, 0.6) is 5.75 Å². The predicted octanol–water partition coefficient (Wildman–Crippen LogP) is 4.82. The number of ether oxygens (including phenoxy) is 1. The van der Waals surface area contributed by atoms with Gasteiger partial charge in [0.05, 0.1) is 13.7 Å². The van der Waals surface area contributed by atoms with Crippen molar-refractivity contribution >= 4 is 5.78 Å². The van der Waals surface area contributed by atoms with Gasteiger partial charge in [0, 0.05) is 29.4 Å². The molecule has 0 amide bonds. The summed E-state index contributed by atoms with van der Waals surface area (Å²) < 4.78 is 62.6. The van der Waals surface area contributed by atoms with E-state index < -0.39 is 36.0 Å². The van der Waals surface area contributed by atoms with E-state index in [-0.39, 0.29) is 17.1 Å². The Morgan fingerprint density at radius 2 is 1.87 bits per heavy atom. The number of Topliss-reactive ketones (excluding diaryl/α,β-unsaturated/α-hetero) is 1. The van der Waals surface area contributed by atoms with E-state index in [1.165, 1.54) is 43.9 Å². The molecule has 30 heavy (non-hydrogen) atoms. The van der Waals surface area contributed by atoms with Crippen LogP contribution in [0.2, 0.25) is 0 Å². The molecule has 1 unspecified atom stereocenters. The standard InChI is InChI=1S/C22H25F4NO3/c1-20(2,16-11-14(23)7-8-19(16)30-3)12-21(29,22(24,25)26)13-27-10-9-15-17(27)5-4-6-18(15)28/h7-11,29H,4-6,12-13H2,1-3H3. The van der Waals surface area contributed by atoms with Crippen LogP contribution in [0, 0.1) is 5.82 Å². The zero-order valence-corrected chi connectivity index (χ0v) is 17.1. The Hall–Kier alpha value is -2.35. The number of nitrogens with zero attached hydrogens (tertiary/aromatic N) is 1. The van der Waals surface area contributed by atoms with E-state index in [9.17, 15) is 27.5 Å². The van der Waals surface area contributed by atoms with Crippen LogP contribution >= 0.6 is 0 Å². The van der Waals surface area contributed by atoms with E-state index >= 15 is 0 Å². The van der Waals surface area contributed by atoms with Crippen LogP contribution in [0.1, 0.15) is 54.7 Å². The SMILES string of the molecule is COc1ccc(F)cc1C(C)(C)CC(O)(Cn1ccc2c1CCCC2=O)C(F)(F)F. The van der Waals surface area contributed by atoms with Gasteiger partial charge in [-0.3, -0.25) is 4.79 Å². The van der Waals surface area contributed by atoms with Gasteiger partial charge >= 0.3 is 6.18 Å². The number of alkyl halides is 3. The number of hydrogen-bond donors (Lipinski definition) is 1. The molecule has 0 fully saturated rings. The number of benzene rings is 1. The quantitative estimate of drug-likeness (QED) is 0.673. The predicted molar refractivity (Wildman–Crippen MR) is 103 cm³/mol. The second kappa shape index (κ2) is 7.72. The van der Waals surface area contributed by atoms with Gasteiger partial charge in [-0.25, -0.2) is 4.39 Å². The van der Waals surface area contributed by atoms with Crippen molar-refractivity contribution in [3.05, 3.63) is 53.1 Å². The Labute approximate surface area is 172 Å². The fraction of sp³-hybridized carbons (Fsp3) is 0.500. The second-order valence-corrected chi connectivity index (χ2v) is 8.52. The maximum absolute atomic E-state index is 14.1. The zero-order valence-electron chi connectivity index (χ0n) is 17.1. The Morgan fingerprint density at radius 1 is 1.17 bits per heavy atom. The second-order valence-electron chi connectivity index (χ2n) is 8.52. The summed E-state index contributed by atoms with van der Waals surface area (Å²) in [6, 6.07) is 5.16. The van der Waals surface area contributed by atoms with E-state index in [0.29, 0.717) is 30.5 Å². The highest BCUT2D eigenvalue weighted by atomic mass is 19.4. The van der Waals surface area contributed by atoms with Crippen molar-refractivity contribution in [3.63, 3.8) is 0 Å². The molecule has 164 valence electrons. The largest absolute Gasteiger partial charge is 0.496 e. The number of rotatable bonds is 6. The third-order valence-electron chi connectivity index (χ3n) is 5.78. The lowest BCUT2D eigenvalue weighted by atomic mass is 9.74. The average molecular weight is 427 g/mol. The van der Waals surface area contributed by atoms with Crippen molar-refractivity contribution in [1.82, 2.24) is 4.57 Å². The van der Waals surface area contributed by atoms with Gasteiger partial charge in [0.15, 0.2) is 11.4 Å². The highest BCUT2D eigenvalue weighted by molar-refractivity contribution is 5.98. The summed E-state index contributed by atoms with van der Waals surface area (Å²) in [5.74, 6) is -0.461. The van der Waals surface area contributed by atoms with Gasteiger partial charge in [0.2, 0.25) is 0 Å². The average Bonchev–Trinajstić information content (AvgIpc) is 3.04. The molecule has 1 N–H and O–H groups in total. The molecule has 0 saturated carbocycles. The molecule has 0 spiro atoms. The Kier molecular flexibility index (Phi) is 5.75. The molecule has 1 aliphatic rings. The number of ketones is 1. The van der Waals surface area contributed by atoms with Crippen molar-refractivity contribution in [2.75, 3.05) is 7.11 Å². The van der Waals surface area contributed by atoms with Crippen LogP contribution < -0.4 is 4.74 Å². The van der Waals surface area contributed by atoms with Gasteiger partial charge in [-0.1, -0.05) is 13.8 Å². The number of carbonyl (C=O) groups is 1. The highest BCUT2D eigenvalue weighted by Crippen LogP contribution is 2.44. The summed E-state index contributed by atoms with van der Waals surface area (Å²) in [5.41, 5.74) is -3.20. The summed E-state index contributed by atoms with van der Waals surface area (Å²) in [5, 5.41) is 10.9. The van der Waals surface area contributed by atoms with Crippen molar-refractivity contribution in [3.8, 4) is 5.75 Å². The van der Waals surface area contributed by atoms with Gasteiger partial charge in [0.25, 0.3) is 0 Å². The first-order valence-corrected chi connectivity index (χ1v) is 9.72.